The van der Waals surface area contributed by atoms with Gasteiger partial charge in [-0.05, 0) is 35.4 Å². The van der Waals surface area contributed by atoms with Crippen LogP contribution in [-0.2, 0) is 0 Å². The molecule has 1 aromatic carbocycles. The summed E-state index contributed by atoms with van der Waals surface area (Å²) in [4.78, 5) is 0. The number of hydrogen-bond donors (Lipinski definition) is 1. The number of aryl methyl sites for hydroxylation is 1. The van der Waals surface area contributed by atoms with E-state index < -0.39 is 0 Å². The van der Waals surface area contributed by atoms with Gasteiger partial charge in [-0.15, -0.1) is 0 Å². The molecular weight excluding hydrogens is 237 g/mol. The molecule has 90 valence electrons. The van der Waals surface area contributed by atoms with E-state index in [9.17, 15) is 4.39 Å². The molecule has 0 fully saturated rings. The lowest BCUT2D eigenvalue weighted by Gasteiger charge is -2.16. The van der Waals surface area contributed by atoms with Crippen molar-refractivity contribution in [1.29, 1.82) is 0 Å². The first-order chi connectivity index (χ1) is 8.20. The first-order valence-corrected chi connectivity index (χ1v) is 6.30. The topological polar surface area (TPSA) is 35.2 Å². The molecule has 2 nitrogen and oxygen atoms in total. The van der Waals surface area contributed by atoms with Crippen molar-refractivity contribution in [3.05, 3.63) is 52.0 Å². The van der Waals surface area contributed by atoms with Crippen LogP contribution < -0.4 is 10.5 Å². The minimum atomic E-state index is -0.261. The highest BCUT2D eigenvalue weighted by Gasteiger charge is 2.12. The van der Waals surface area contributed by atoms with Crippen LogP contribution in [0.25, 0.3) is 0 Å². The number of ether oxygens (including phenoxy) is 1. The van der Waals surface area contributed by atoms with Crippen molar-refractivity contribution in [2.75, 3.05) is 6.54 Å². The number of halogens is 1. The largest absolute Gasteiger partial charge is 0.484 e. The van der Waals surface area contributed by atoms with Gasteiger partial charge in [0.25, 0.3) is 0 Å². The molecule has 0 aliphatic carbocycles. The van der Waals surface area contributed by atoms with Gasteiger partial charge < -0.3 is 10.5 Å². The van der Waals surface area contributed by atoms with Crippen molar-refractivity contribution in [3.8, 4) is 5.75 Å². The summed E-state index contributed by atoms with van der Waals surface area (Å²) in [5.41, 5.74) is 7.30. The first-order valence-electron chi connectivity index (χ1n) is 5.35. The first kappa shape index (κ1) is 12.1. The van der Waals surface area contributed by atoms with Gasteiger partial charge in [-0.3, -0.25) is 0 Å². The third kappa shape index (κ3) is 2.84. The van der Waals surface area contributed by atoms with Crippen LogP contribution in [0.5, 0.6) is 5.75 Å². The van der Waals surface area contributed by atoms with E-state index in [1.807, 2.05) is 16.8 Å². The van der Waals surface area contributed by atoms with Gasteiger partial charge in [-0.2, -0.15) is 11.3 Å². The summed E-state index contributed by atoms with van der Waals surface area (Å²) >= 11 is 1.59. The van der Waals surface area contributed by atoms with Crippen molar-refractivity contribution < 1.29 is 9.13 Å². The third-order valence-electron chi connectivity index (χ3n) is 2.55. The summed E-state index contributed by atoms with van der Waals surface area (Å²) in [6.07, 6.45) is -0.219. The van der Waals surface area contributed by atoms with E-state index >= 15 is 0 Å². The lowest BCUT2D eigenvalue weighted by Crippen LogP contribution is -2.17. The molecule has 2 N–H and O–H groups in total. The Morgan fingerprint density at radius 2 is 2.24 bits per heavy atom. The van der Waals surface area contributed by atoms with Gasteiger partial charge in [0.1, 0.15) is 17.7 Å². The summed E-state index contributed by atoms with van der Waals surface area (Å²) in [6, 6.07) is 6.82. The highest BCUT2D eigenvalue weighted by atomic mass is 32.1. The highest BCUT2D eigenvalue weighted by Crippen LogP contribution is 2.24. The summed E-state index contributed by atoms with van der Waals surface area (Å²) in [5, 5.41) is 3.96. The Bertz CT molecular complexity index is 484. The van der Waals surface area contributed by atoms with Crippen molar-refractivity contribution in [2.45, 2.75) is 13.0 Å². The molecule has 0 saturated heterocycles. The Morgan fingerprint density at radius 1 is 1.41 bits per heavy atom. The van der Waals surface area contributed by atoms with Crippen LogP contribution in [0, 0.1) is 12.7 Å². The SMILES string of the molecule is Cc1ccc(OC(CN)c2ccsc2)cc1F. The molecule has 4 heteroatoms. The second kappa shape index (κ2) is 5.29. The fourth-order valence-corrected chi connectivity index (χ4v) is 2.22. The molecule has 0 aliphatic rings. The zero-order chi connectivity index (χ0) is 12.3. The van der Waals surface area contributed by atoms with Gasteiger partial charge >= 0.3 is 0 Å². The van der Waals surface area contributed by atoms with E-state index in [2.05, 4.69) is 0 Å². The molecule has 1 aromatic heterocycles. The van der Waals surface area contributed by atoms with Crippen molar-refractivity contribution in [2.24, 2.45) is 5.73 Å². The minimum absolute atomic E-state index is 0.219. The van der Waals surface area contributed by atoms with Gasteiger partial charge in [0.15, 0.2) is 0 Å². The Hall–Kier alpha value is -1.39. The van der Waals surface area contributed by atoms with E-state index in [-0.39, 0.29) is 11.9 Å². The van der Waals surface area contributed by atoms with Crippen LogP contribution in [-0.4, -0.2) is 6.54 Å². The van der Waals surface area contributed by atoms with E-state index in [0.29, 0.717) is 17.9 Å². The zero-order valence-electron chi connectivity index (χ0n) is 9.52. The Morgan fingerprint density at radius 3 is 2.82 bits per heavy atom. The summed E-state index contributed by atoms with van der Waals surface area (Å²) in [6.45, 7) is 2.09. The van der Waals surface area contributed by atoms with E-state index in [0.717, 1.165) is 5.56 Å². The van der Waals surface area contributed by atoms with E-state index in [1.54, 1.807) is 30.4 Å². The quantitative estimate of drug-likeness (QED) is 0.905. The van der Waals surface area contributed by atoms with Crippen LogP contribution in [0.1, 0.15) is 17.2 Å². The lowest BCUT2D eigenvalue weighted by atomic mass is 10.2. The average molecular weight is 251 g/mol. The summed E-state index contributed by atoms with van der Waals surface area (Å²) in [7, 11) is 0. The van der Waals surface area contributed by atoms with E-state index in [4.69, 9.17) is 10.5 Å². The fourth-order valence-electron chi connectivity index (χ4n) is 1.52. The molecule has 17 heavy (non-hydrogen) atoms. The number of rotatable bonds is 4. The normalized spacial score (nSPS) is 12.4. The van der Waals surface area contributed by atoms with Gasteiger partial charge in [0.2, 0.25) is 0 Å². The number of benzene rings is 1. The zero-order valence-corrected chi connectivity index (χ0v) is 10.3. The summed E-state index contributed by atoms with van der Waals surface area (Å²) in [5.74, 6) is 0.248. The van der Waals surface area contributed by atoms with Crippen LogP contribution in [0.4, 0.5) is 4.39 Å². The van der Waals surface area contributed by atoms with E-state index in [1.165, 1.54) is 6.07 Å². The van der Waals surface area contributed by atoms with Gasteiger partial charge in [-0.1, -0.05) is 6.07 Å². The van der Waals surface area contributed by atoms with Gasteiger partial charge in [0, 0.05) is 18.2 Å². The molecular formula is C13H14FNOS. The molecule has 0 saturated carbocycles. The molecule has 0 radical (unpaired) electrons. The maximum atomic E-state index is 13.4. The Balaban J connectivity index is 2.16. The summed E-state index contributed by atoms with van der Waals surface area (Å²) < 4.78 is 19.1. The maximum absolute atomic E-state index is 13.4. The Kier molecular flexibility index (Phi) is 3.76. The second-order valence-corrected chi connectivity index (χ2v) is 4.59. The molecule has 2 aromatic rings. The van der Waals surface area contributed by atoms with Crippen LogP contribution in [0.15, 0.2) is 35.0 Å². The Labute approximate surface area is 104 Å². The molecule has 0 aliphatic heterocycles. The fraction of sp³-hybridized carbons (Fsp3) is 0.231. The number of hydrogen-bond acceptors (Lipinski definition) is 3. The van der Waals surface area contributed by atoms with Crippen molar-refractivity contribution >= 4 is 11.3 Å². The predicted octanol–water partition coefficient (Wildman–Crippen LogP) is 3.27. The minimum Gasteiger partial charge on any atom is -0.484 e. The molecule has 0 spiro atoms. The highest BCUT2D eigenvalue weighted by molar-refractivity contribution is 7.07. The predicted molar refractivity (Wildman–Crippen MR) is 67.9 cm³/mol. The molecule has 1 heterocycles. The van der Waals surface area contributed by atoms with Crippen LogP contribution >= 0.6 is 11.3 Å². The lowest BCUT2D eigenvalue weighted by molar-refractivity contribution is 0.214. The average Bonchev–Trinajstić information content (AvgIpc) is 2.84. The van der Waals surface area contributed by atoms with Gasteiger partial charge in [-0.25, -0.2) is 4.39 Å². The second-order valence-electron chi connectivity index (χ2n) is 3.81. The smallest absolute Gasteiger partial charge is 0.137 e. The van der Waals surface area contributed by atoms with Crippen molar-refractivity contribution in [1.82, 2.24) is 0 Å². The molecule has 2 rings (SSSR count). The van der Waals surface area contributed by atoms with Crippen LogP contribution in [0.2, 0.25) is 0 Å². The number of nitrogens with two attached hydrogens (primary N) is 1. The number of thiophene rings is 1. The molecule has 1 atom stereocenters. The maximum Gasteiger partial charge on any atom is 0.137 e. The van der Waals surface area contributed by atoms with Crippen LogP contribution in [0.3, 0.4) is 0 Å². The molecule has 0 bridgehead atoms. The molecule has 1 unspecified atom stereocenters. The monoisotopic (exact) mass is 251 g/mol. The van der Waals surface area contributed by atoms with Gasteiger partial charge in [0.05, 0.1) is 0 Å². The molecule has 0 amide bonds. The standard InChI is InChI=1S/C13H14FNOS/c1-9-2-3-11(6-12(9)14)16-13(7-15)10-4-5-17-8-10/h2-6,8,13H,7,15H2,1H3. The van der Waals surface area contributed by atoms with Crippen molar-refractivity contribution in [3.63, 3.8) is 0 Å². The third-order valence-corrected chi connectivity index (χ3v) is 3.25.